The molecule has 2 N–H and O–H groups in total. The lowest BCUT2D eigenvalue weighted by molar-refractivity contribution is 0.102. The number of aromatic nitrogens is 2. The monoisotopic (exact) mass is 435 g/mol. The second kappa shape index (κ2) is 9.26. The Labute approximate surface area is 185 Å². The number of aryl methyl sites for hydroxylation is 2. The molecule has 0 aliphatic carbocycles. The van der Waals surface area contributed by atoms with Crippen LogP contribution < -0.4 is 10.6 Å². The molecule has 0 bridgehead atoms. The Morgan fingerprint density at radius 1 is 1.00 bits per heavy atom. The molecule has 3 amide bonds. The predicted octanol–water partition coefficient (Wildman–Crippen LogP) is 4.82. The molecule has 1 atom stereocenters. The summed E-state index contributed by atoms with van der Waals surface area (Å²) in [5.74, 6) is -0.190. The van der Waals surface area contributed by atoms with Crippen molar-refractivity contribution in [2.75, 3.05) is 23.7 Å². The summed E-state index contributed by atoms with van der Waals surface area (Å²) in [5, 5.41) is 15.3. The third-order valence-corrected chi connectivity index (χ3v) is 6.28. The number of likely N-dealkylation sites (tertiary alicyclic amines) is 1. The number of nitrogens with one attached hydrogen (secondary N) is 2. The number of amides is 3. The first-order valence-electron chi connectivity index (χ1n) is 10.3. The first kappa shape index (κ1) is 21.0. The van der Waals surface area contributed by atoms with Crippen LogP contribution in [0.15, 0.2) is 48.5 Å². The fourth-order valence-corrected chi connectivity index (χ4v) is 4.67. The number of para-hydroxylation sites is 1. The van der Waals surface area contributed by atoms with Gasteiger partial charge in [-0.25, -0.2) is 4.79 Å². The Morgan fingerprint density at radius 2 is 1.74 bits per heavy atom. The van der Waals surface area contributed by atoms with Crippen LogP contribution in [0.3, 0.4) is 0 Å². The van der Waals surface area contributed by atoms with Gasteiger partial charge in [0.2, 0.25) is 5.01 Å². The zero-order valence-corrected chi connectivity index (χ0v) is 18.4. The largest absolute Gasteiger partial charge is 0.324 e. The van der Waals surface area contributed by atoms with E-state index in [1.54, 1.807) is 0 Å². The molecule has 1 aliphatic heterocycles. The summed E-state index contributed by atoms with van der Waals surface area (Å²) >= 11 is 1.30. The van der Waals surface area contributed by atoms with Crippen molar-refractivity contribution in [2.24, 2.45) is 0 Å². The molecule has 4 rings (SSSR count). The molecule has 0 saturated carbocycles. The first-order valence-corrected chi connectivity index (χ1v) is 11.1. The first-order chi connectivity index (χ1) is 15.0. The van der Waals surface area contributed by atoms with Crippen molar-refractivity contribution in [1.82, 2.24) is 15.1 Å². The lowest BCUT2D eigenvalue weighted by atomic mass is 9.99. The molecular formula is C23H25N5O2S. The van der Waals surface area contributed by atoms with E-state index >= 15 is 0 Å². The number of carbonyl (C=O) groups is 2. The van der Waals surface area contributed by atoms with Gasteiger partial charge in [0.1, 0.15) is 5.01 Å². The van der Waals surface area contributed by atoms with Gasteiger partial charge in [-0.1, -0.05) is 35.6 Å². The summed E-state index contributed by atoms with van der Waals surface area (Å²) in [6.07, 6.45) is 1.80. The number of hydrogen-bond acceptors (Lipinski definition) is 5. The molecule has 1 unspecified atom stereocenters. The van der Waals surface area contributed by atoms with E-state index in [0.717, 1.165) is 40.4 Å². The summed E-state index contributed by atoms with van der Waals surface area (Å²) in [7, 11) is 0. The van der Waals surface area contributed by atoms with Gasteiger partial charge in [0.25, 0.3) is 5.91 Å². The molecule has 3 aromatic rings. The standard InChI is InChI=1S/C23H25N5O2S/c1-15-11-16(2)13-19(12-15)25-23(30)28-10-6-7-17(14-28)21-26-27-22(31-21)20(29)24-18-8-4-3-5-9-18/h3-5,8-9,11-13,17H,6-7,10,14H2,1-2H3,(H,24,29)(H,25,30). The molecule has 7 nitrogen and oxygen atoms in total. The number of piperidine rings is 1. The number of anilines is 2. The van der Waals surface area contributed by atoms with Gasteiger partial charge in [-0.05, 0) is 62.1 Å². The third-order valence-electron chi connectivity index (χ3n) is 5.20. The number of rotatable bonds is 4. The number of benzene rings is 2. The van der Waals surface area contributed by atoms with Crippen LogP contribution in [0.5, 0.6) is 0 Å². The average molecular weight is 436 g/mol. The molecule has 2 heterocycles. The molecule has 31 heavy (non-hydrogen) atoms. The summed E-state index contributed by atoms with van der Waals surface area (Å²) in [6.45, 7) is 5.29. The van der Waals surface area contributed by atoms with E-state index in [1.807, 2.05) is 61.2 Å². The number of nitrogens with zero attached hydrogens (tertiary/aromatic N) is 3. The lowest BCUT2D eigenvalue weighted by Crippen LogP contribution is -2.41. The highest BCUT2D eigenvalue weighted by atomic mass is 32.1. The van der Waals surface area contributed by atoms with Gasteiger partial charge in [0.05, 0.1) is 0 Å². The summed E-state index contributed by atoms with van der Waals surface area (Å²) in [6, 6.07) is 15.2. The van der Waals surface area contributed by atoms with Crippen LogP contribution >= 0.6 is 11.3 Å². The maximum Gasteiger partial charge on any atom is 0.321 e. The van der Waals surface area contributed by atoms with Crippen molar-refractivity contribution in [3.05, 3.63) is 69.7 Å². The van der Waals surface area contributed by atoms with E-state index in [-0.39, 0.29) is 17.9 Å². The smallest absolute Gasteiger partial charge is 0.321 e. The second-order valence-corrected chi connectivity index (χ2v) is 8.87. The minimum absolute atomic E-state index is 0.0783. The maximum atomic E-state index is 12.8. The Hall–Kier alpha value is -3.26. The van der Waals surface area contributed by atoms with Crippen molar-refractivity contribution in [3.8, 4) is 0 Å². The maximum absolute atomic E-state index is 12.8. The number of carbonyl (C=O) groups excluding carboxylic acids is 2. The zero-order chi connectivity index (χ0) is 21.8. The van der Waals surface area contributed by atoms with Crippen LogP contribution in [-0.2, 0) is 0 Å². The van der Waals surface area contributed by atoms with Gasteiger partial charge in [-0.15, -0.1) is 10.2 Å². The van der Waals surface area contributed by atoms with E-state index in [0.29, 0.717) is 18.1 Å². The minimum Gasteiger partial charge on any atom is -0.324 e. The zero-order valence-electron chi connectivity index (χ0n) is 17.6. The molecule has 1 fully saturated rings. The van der Waals surface area contributed by atoms with Gasteiger partial charge >= 0.3 is 6.03 Å². The quantitative estimate of drug-likeness (QED) is 0.615. The van der Waals surface area contributed by atoms with Crippen molar-refractivity contribution >= 4 is 34.6 Å². The molecule has 1 saturated heterocycles. The predicted molar refractivity (Wildman–Crippen MR) is 123 cm³/mol. The highest BCUT2D eigenvalue weighted by Gasteiger charge is 2.28. The van der Waals surface area contributed by atoms with Crippen molar-refractivity contribution in [3.63, 3.8) is 0 Å². The van der Waals surface area contributed by atoms with Crippen LogP contribution in [0, 0.1) is 13.8 Å². The molecule has 8 heteroatoms. The summed E-state index contributed by atoms with van der Waals surface area (Å²) in [5.41, 5.74) is 3.75. The van der Waals surface area contributed by atoms with E-state index in [9.17, 15) is 9.59 Å². The van der Waals surface area contributed by atoms with Crippen LogP contribution in [0.25, 0.3) is 0 Å². The Kier molecular flexibility index (Phi) is 6.27. The van der Waals surface area contributed by atoms with Crippen molar-refractivity contribution < 1.29 is 9.59 Å². The van der Waals surface area contributed by atoms with Gasteiger partial charge in [-0.2, -0.15) is 0 Å². The molecule has 1 aliphatic rings. The third kappa shape index (κ3) is 5.27. The van der Waals surface area contributed by atoms with Gasteiger partial charge in [0.15, 0.2) is 0 Å². The number of hydrogen-bond donors (Lipinski definition) is 2. The van der Waals surface area contributed by atoms with E-state index < -0.39 is 0 Å². The van der Waals surface area contributed by atoms with Gasteiger partial charge < -0.3 is 15.5 Å². The van der Waals surface area contributed by atoms with Gasteiger partial charge in [-0.3, -0.25) is 4.79 Å². The highest BCUT2D eigenvalue weighted by molar-refractivity contribution is 7.13. The normalized spacial score (nSPS) is 16.1. The van der Waals surface area contributed by atoms with E-state index in [4.69, 9.17) is 0 Å². The SMILES string of the molecule is Cc1cc(C)cc(NC(=O)N2CCCC(c3nnc(C(=O)Nc4ccccc4)s3)C2)c1. The molecule has 0 radical (unpaired) electrons. The second-order valence-electron chi connectivity index (χ2n) is 7.86. The van der Waals surface area contributed by atoms with Crippen molar-refractivity contribution in [1.29, 1.82) is 0 Å². The topological polar surface area (TPSA) is 87.2 Å². The highest BCUT2D eigenvalue weighted by Crippen LogP contribution is 2.30. The lowest BCUT2D eigenvalue weighted by Gasteiger charge is -2.31. The number of urea groups is 1. The molecule has 2 aromatic carbocycles. The van der Waals surface area contributed by atoms with Crippen LogP contribution in [0.4, 0.5) is 16.2 Å². The fraction of sp³-hybridized carbons (Fsp3) is 0.304. The van der Waals surface area contributed by atoms with E-state index in [1.165, 1.54) is 11.3 Å². The molecule has 0 spiro atoms. The Balaban J connectivity index is 1.39. The molecule has 160 valence electrons. The summed E-state index contributed by atoms with van der Waals surface area (Å²) < 4.78 is 0. The molecular weight excluding hydrogens is 410 g/mol. The van der Waals surface area contributed by atoms with Crippen LogP contribution in [-0.4, -0.2) is 40.1 Å². The fourth-order valence-electron chi connectivity index (χ4n) is 3.81. The van der Waals surface area contributed by atoms with Crippen molar-refractivity contribution in [2.45, 2.75) is 32.6 Å². The average Bonchev–Trinajstić information content (AvgIpc) is 3.24. The molecule has 1 aromatic heterocycles. The summed E-state index contributed by atoms with van der Waals surface area (Å²) in [4.78, 5) is 27.1. The van der Waals surface area contributed by atoms with Crippen LogP contribution in [0.2, 0.25) is 0 Å². The van der Waals surface area contributed by atoms with Crippen LogP contribution in [0.1, 0.15) is 44.7 Å². The van der Waals surface area contributed by atoms with Gasteiger partial charge in [0, 0.05) is 30.4 Å². The Bertz CT molecular complexity index is 1060. The van der Waals surface area contributed by atoms with E-state index in [2.05, 4.69) is 26.9 Å². The minimum atomic E-state index is -0.268. The Morgan fingerprint density at radius 3 is 2.48 bits per heavy atom.